The number of anilines is 1. The number of nitrogens with zero attached hydrogens (tertiary/aromatic N) is 2. The molecule has 1 N–H and O–H groups in total. The Morgan fingerprint density at radius 1 is 1.35 bits per heavy atom. The first-order valence-corrected chi connectivity index (χ1v) is 5.71. The summed E-state index contributed by atoms with van der Waals surface area (Å²) in [7, 11) is 0. The predicted octanol–water partition coefficient (Wildman–Crippen LogP) is 3.11. The van der Waals surface area contributed by atoms with E-state index in [1.807, 2.05) is 31.2 Å². The number of nitrogens with one attached hydrogen (secondary N) is 1. The van der Waals surface area contributed by atoms with Gasteiger partial charge in [-0.15, -0.1) is 22.5 Å². The third-order valence-electron chi connectivity index (χ3n) is 2.45. The number of benzene rings is 1. The molecule has 1 aromatic heterocycles. The first-order chi connectivity index (χ1) is 8.22. The molecule has 1 heterocycles. The maximum atomic E-state index is 5.99. The second-order valence-electron chi connectivity index (χ2n) is 3.84. The Balaban J connectivity index is 2.42. The van der Waals surface area contributed by atoms with Crippen LogP contribution in [0.1, 0.15) is 13.3 Å². The van der Waals surface area contributed by atoms with Gasteiger partial charge in [-0.1, -0.05) is 35.9 Å². The number of aromatic nitrogens is 2. The van der Waals surface area contributed by atoms with Crippen LogP contribution in [0.25, 0.3) is 10.8 Å². The minimum absolute atomic E-state index is 0.152. The summed E-state index contributed by atoms with van der Waals surface area (Å²) in [5.74, 6) is 3.33. The summed E-state index contributed by atoms with van der Waals surface area (Å²) in [5, 5.41) is 13.5. The van der Waals surface area contributed by atoms with E-state index in [9.17, 15) is 0 Å². The van der Waals surface area contributed by atoms with Crippen LogP contribution in [-0.2, 0) is 0 Å². The van der Waals surface area contributed by atoms with Gasteiger partial charge in [0.2, 0.25) is 0 Å². The van der Waals surface area contributed by atoms with Crippen LogP contribution in [0.5, 0.6) is 0 Å². The molecule has 0 saturated carbocycles. The van der Waals surface area contributed by atoms with E-state index in [0.29, 0.717) is 17.4 Å². The van der Waals surface area contributed by atoms with E-state index in [0.717, 1.165) is 10.8 Å². The first kappa shape index (κ1) is 11.7. The molecular weight excluding hydrogens is 234 g/mol. The van der Waals surface area contributed by atoms with Crippen LogP contribution < -0.4 is 5.32 Å². The van der Waals surface area contributed by atoms with Crippen LogP contribution in [0, 0.1) is 12.3 Å². The number of hydrogen-bond donors (Lipinski definition) is 1. The molecule has 0 spiro atoms. The Bertz CT molecular complexity index is 574. The summed E-state index contributed by atoms with van der Waals surface area (Å²) in [6.07, 6.45) is 5.91. The van der Waals surface area contributed by atoms with Crippen molar-refractivity contribution in [3.63, 3.8) is 0 Å². The Morgan fingerprint density at radius 2 is 2.06 bits per heavy atom. The number of halogens is 1. The van der Waals surface area contributed by atoms with Gasteiger partial charge < -0.3 is 5.32 Å². The van der Waals surface area contributed by atoms with Crippen molar-refractivity contribution in [3.05, 3.63) is 29.4 Å². The fourth-order valence-corrected chi connectivity index (χ4v) is 1.84. The number of hydrogen-bond acceptors (Lipinski definition) is 3. The molecule has 1 atom stereocenters. The molecule has 0 saturated heterocycles. The molecule has 0 aliphatic rings. The number of terminal acetylenes is 1. The second kappa shape index (κ2) is 5.03. The van der Waals surface area contributed by atoms with Crippen molar-refractivity contribution in [3.8, 4) is 12.3 Å². The van der Waals surface area contributed by atoms with Gasteiger partial charge in [0, 0.05) is 23.2 Å². The van der Waals surface area contributed by atoms with Crippen molar-refractivity contribution in [1.29, 1.82) is 0 Å². The van der Waals surface area contributed by atoms with Gasteiger partial charge >= 0.3 is 0 Å². The van der Waals surface area contributed by atoms with Crippen molar-refractivity contribution in [1.82, 2.24) is 10.2 Å². The Labute approximate surface area is 105 Å². The first-order valence-electron chi connectivity index (χ1n) is 5.33. The topological polar surface area (TPSA) is 37.8 Å². The normalized spacial score (nSPS) is 12.1. The minimum atomic E-state index is 0.152. The Kier molecular flexibility index (Phi) is 3.46. The Hall–Kier alpha value is -1.79. The highest BCUT2D eigenvalue weighted by Crippen LogP contribution is 2.25. The lowest BCUT2D eigenvalue weighted by atomic mass is 10.1. The van der Waals surface area contributed by atoms with Crippen molar-refractivity contribution in [2.45, 2.75) is 19.4 Å². The maximum absolute atomic E-state index is 5.99. The highest BCUT2D eigenvalue weighted by atomic mass is 35.5. The largest absolute Gasteiger partial charge is 0.365 e. The molecule has 86 valence electrons. The third kappa shape index (κ3) is 2.48. The van der Waals surface area contributed by atoms with E-state index in [-0.39, 0.29) is 6.04 Å². The molecule has 0 fully saturated rings. The molecule has 2 rings (SSSR count). The summed E-state index contributed by atoms with van der Waals surface area (Å²) in [6.45, 7) is 2.00. The lowest BCUT2D eigenvalue weighted by Gasteiger charge is -2.13. The molecule has 0 aliphatic heterocycles. The molecule has 1 unspecified atom stereocenters. The van der Waals surface area contributed by atoms with Crippen LogP contribution in [-0.4, -0.2) is 16.2 Å². The van der Waals surface area contributed by atoms with Gasteiger partial charge in [-0.25, -0.2) is 0 Å². The maximum Gasteiger partial charge on any atom is 0.159 e. The smallest absolute Gasteiger partial charge is 0.159 e. The van der Waals surface area contributed by atoms with E-state index in [4.69, 9.17) is 18.0 Å². The summed E-state index contributed by atoms with van der Waals surface area (Å²) < 4.78 is 0. The zero-order valence-corrected chi connectivity index (χ0v) is 10.2. The molecule has 0 radical (unpaired) electrons. The van der Waals surface area contributed by atoms with Gasteiger partial charge in [-0.3, -0.25) is 0 Å². The third-order valence-corrected chi connectivity index (χ3v) is 2.73. The lowest BCUT2D eigenvalue weighted by Crippen LogP contribution is -2.15. The van der Waals surface area contributed by atoms with Crippen LogP contribution >= 0.6 is 11.6 Å². The van der Waals surface area contributed by atoms with Crippen molar-refractivity contribution < 1.29 is 0 Å². The Morgan fingerprint density at radius 3 is 2.76 bits per heavy atom. The van der Waals surface area contributed by atoms with Gasteiger partial charge in [-0.2, -0.15) is 0 Å². The van der Waals surface area contributed by atoms with E-state index < -0.39 is 0 Å². The molecule has 4 heteroatoms. The SMILES string of the molecule is C#CCC(C)Nc1nnc(Cl)c2ccccc12. The highest BCUT2D eigenvalue weighted by Gasteiger charge is 2.09. The van der Waals surface area contributed by atoms with Crippen molar-refractivity contribution in [2.24, 2.45) is 0 Å². The molecule has 0 aliphatic carbocycles. The second-order valence-corrected chi connectivity index (χ2v) is 4.20. The van der Waals surface area contributed by atoms with Crippen LogP contribution in [0.15, 0.2) is 24.3 Å². The molecule has 0 amide bonds. The molecule has 17 heavy (non-hydrogen) atoms. The average Bonchev–Trinajstić information content (AvgIpc) is 2.34. The monoisotopic (exact) mass is 245 g/mol. The zero-order chi connectivity index (χ0) is 12.3. The van der Waals surface area contributed by atoms with E-state index in [1.54, 1.807) is 0 Å². The molecule has 2 aromatic rings. The fraction of sp³-hybridized carbons (Fsp3) is 0.231. The van der Waals surface area contributed by atoms with Crippen molar-refractivity contribution in [2.75, 3.05) is 5.32 Å². The zero-order valence-electron chi connectivity index (χ0n) is 9.44. The highest BCUT2D eigenvalue weighted by molar-refractivity contribution is 6.34. The lowest BCUT2D eigenvalue weighted by molar-refractivity contribution is 0.817. The molecule has 1 aromatic carbocycles. The summed E-state index contributed by atoms with van der Waals surface area (Å²) in [5.41, 5.74) is 0. The number of fused-ring (bicyclic) bond motifs is 1. The van der Waals surface area contributed by atoms with Crippen LogP contribution in [0.2, 0.25) is 5.15 Å². The van der Waals surface area contributed by atoms with E-state index in [2.05, 4.69) is 21.4 Å². The summed E-state index contributed by atoms with van der Waals surface area (Å²) in [6, 6.07) is 7.89. The van der Waals surface area contributed by atoms with Gasteiger partial charge in [0.05, 0.1) is 0 Å². The summed E-state index contributed by atoms with van der Waals surface area (Å²) >= 11 is 5.99. The van der Waals surface area contributed by atoms with Crippen molar-refractivity contribution >= 4 is 28.2 Å². The molecular formula is C13H12ClN3. The van der Waals surface area contributed by atoms with E-state index >= 15 is 0 Å². The van der Waals surface area contributed by atoms with Gasteiger partial charge in [0.1, 0.15) is 0 Å². The van der Waals surface area contributed by atoms with Gasteiger partial charge in [0.25, 0.3) is 0 Å². The van der Waals surface area contributed by atoms with Crippen LogP contribution in [0.3, 0.4) is 0 Å². The van der Waals surface area contributed by atoms with Gasteiger partial charge in [-0.05, 0) is 6.92 Å². The fourth-order valence-electron chi connectivity index (χ4n) is 1.64. The van der Waals surface area contributed by atoms with Gasteiger partial charge in [0.15, 0.2) is 11.0 Å². The molecule has 3 nitrogen and oxygen atoms in total. The standard InChI is InChI=1S/C13H12ClN3/c1-3-6-9(2)15-13-11-8-5-4-7-10(11)12(14)16-17-13/h1,4-5,7-9H,6H2,2H3,(H,15,17). The quantitative estimate of drug-likeness (QED) is 0.845. The molecule has 0 bridgehead atoms. The predicted molar refractivity (Wildman–Crippen MR) is 71.1 cm³/mol. The average molecular weight is 246 g/mol. The number of rotatable bonds is 3. The van der Waals surface area contributed by atoms with E-state index in [1.165, 1.54) is 0 Å². The summed E-state index contributed by atoms with van der Waals surface area (Å²) in [4.78, 5) is 0. The van der Waals surface area contributed by atoms with Crippen LogP contribution in [0.4, 0.5) is 5.82 Å². The minimum Gasteiger partial charge on any atom is -0.365 e.